The highest BCUT2D eigenvalue weighted by molar-refractivity contribution is 5.88. The molecule has 0 fully saturated rings. The predicted octanol–water partition coefficient (Wildman–Crippen LogP) is 3.23. The van der Waals surface area contributed by atoms with Crippen LogP contribution in [0, 0.1) is 18.3 Å². The molecule has 0 spiro atoms. The minimum absolute atomic E-state index is 0.256. The quantitative estimate of drug-likeness (QED) is 0.872. The molecule has 2 aromatic rings. The fraction of sp³-hybridized carbons (Fsp3) is 0.0667. The summed E-state index contributed by atoms with van der Waals surface area (Å²) in [6.07, 6.45) is 0. The smallest absolute Gasteiger partial charge is 0.335 e. The Morgan fingerprint density at radius 2 is 1.72 bits per heavy atom. The number of hydrogen-bond donors (Lipinski definition) is 1. The van der Waals surface area contributed by atoms with Gasteiger partial charge in [0.15, 0.2) is 0 Å². The van der Waals surface area contributed by atoms with Crippen LogP contribution < -0.4 is 0 Å². The number of hydrogen-bond acceptors (Lipinski definition) is 2. The number of aromatic carboxylic acids is 1. The lowest BCUT2D eigenvalue weighted by Gasteiger charge is -2.04. The van der Waals surface area contributed by atoms with Crippen LogP contribution in [0.5, 0.6) is 0 Å². The van der Waals surface area contributed by atoms with Crippen molar-refractivity contribution in [3.63, 3.8) is 0 Å². The van der Waals surface area contributed by atoms with Crippen molar-refractivity contribution in [2.45, 2.75) is 6.92 Å². The summed E-state index contributed by atoms with van der Waals surface area (Å²) in [5.41, 5.74) is 3.63. The Morgan fingerprint density at radius 3 is 2.28 bits per heavy atom. The maximum Gasteiger partial charge on any atom is 0.335 e. The molecule has 0 bridgehead atoms. The van der Waals surface area contributed by atoms with Gasteiger partial charge in [-0.2, -0.15) is 5.26 Å². The fourth-order valence-corrected chi connectivity index (χ4v) is 1.73. The van der Waals surface area contributed by atoms with E-state index >= 15 is 0 Å². The Balaban J connectivity index is 2.43. The van der Waals surface area contributed by atoms with Crippen LogP contribution in [0.4, 0.5) is 0 Å². The minimum atomic E-state index is -0.942. The molecule has 0 saturated carbocycles. The summed E-state index contributed by atoms with van der Waals surface area (Å²) >= 11 is 0. The van der Waals surface area contributed by atoms with Gasteiger partial charge in [-0.3, -0.25) is 0 Å². The molecule has 1 N–H and O–H groups in total. The van der Waals surface area contributed by atoms with Crippen molar-refractivity contribution >= 4 is 5.97 Å². The van der Waals surface area contributed by atoms with Gasteiger partial charge in [0, 0.05) is 0 Å². The van der Waals surface area contributed by atoms with Gasteiger partial charge in [0.05, 0.1) is 17.2 Å². The van der Waals surface area contributed by atoms with E-state index < -0.39 is 5.97 Å². The van der Waals surface area contributed by atoms with Crippen LogP contribution in [-0.4, -0.2) is 11.1 Å². The van der Waals surface area contributed by atoms with Crippen LogP contribution in [0.1, 0.15) is 21.5 Å². The molecule has 0 heterocycles. The lowest BCUT2D eigenvalue weighted by Crippen LogP contribution is -1.95. The second kappa shape index (κ2) is 4.72. The molecule has 0 unspecified atom stereocenters. The molecule has 0 radical (unpaired) electrons. The number of nitrogens with zero attached hydrogens (tertiary/aromatic N) is 1. The predicted molar refractivity (Wildman–Crippen MR) is 68.3 cm³/mol. The first-order chi connectivity index (χ1) is 8.61. The molecule has 2 aromatic carbocycles. The van der Waals surface area contributed by atoms with E-state index in [1.54, 1.807) is 24.3 Å². The van der Waals surface area contributed by atoms with Gasteiger partial charge in [-0.05, 0) is 41.8 Å². The first-order valence-corrected chi connectivity index (χ1v) is 5.46. The third kappa shape index (κ3) is 2.23. The SMILES string of the molecule is Cc1ccc(-c2ccc(C(=O)O)cc2)cc1C#N. The zero-order chi connectivity index (χ0) is 13.1. The first kappa shape index (κ1) is 11.9. The average Bonchev–Trinajstić information content (AvgIpc) is 2.39. The lowest BCUT2D eigenvalue weighted by atomic mass is 9.99. The van der Waals surface area contributed by atoms with Crippen LogP contribution in [0.3, 0.4) is 0 Å². The van der Waals surface area contributed by atoms with Gasteiger partial charge in [-0.1, -0.05) is 24.3 Å². The first-order valence-electron chi connectivity index (χ1n) is 5.46. The number of carbonyl (C=O) groups is 1. The Kier molecular flexibility index (Phi) is 3.11. The second-order valence-electron chi connectivity index (χ2n) is 4.02. The van der Waals surface area contributed by atoms with Gasteiger partial charge in [-0.25, -0.2) is 4.79 Å². The highest BCUT2D eigenvalue weighted by Crippen LogP contribution is 2.22. The maximum absolute atomic E-state index is 10.8. The third-order valence-electron chi connectivity index (χ3n) is 2.82. The fourth-order valence-electron chi connectivity index (χ4n) is 1.73. The Bertz CT molecular complexity index is 637. The summed E-state index contributed by atoms with van der Waals surface area (Å²) in [6, 6.07) is 14.4. The van der Waals surface area contributed by atoms with Crippen LogP contribution in [0.25, 0.3) is 11.1 Å². The van der Waals surface area contributed by atoms with Crippen molar-refractivity contribution in [2.75, 3.05) is 0 Å². The van der Waals surface area contributed by atoms with Gasteiger partial charge in [0.2, 0.25) is 0 Å². The monoisotopic (exact) mass is 237 g/mol. The molecular weight excluding hydrogens is 226 g/mol. The number of rotatable bonds is 2. The van der Waals surface area contributed by atoms with E-state index in [4.69, 9.17) is 10.4 Å². The number of benzene rings is 2. The second-order valence-corrected chi connectivity index (χ2v) is 4.02. The van der Waals surface area contributed by atoms with E-state index in [1.165, 1.54) is 0 Å². The number of nitriles is 1. The maximum atomic E-state index is 10.8. The molecule has 3 heteroatoms. The van der Waals surface area contributed by atoms with Crippen molar-refractivity contribution < 1.29 is 9.90 Å². The number of carboxylic acids is 1. The molecule has 0 saturated heterocycles. The van der Waals surface area contributed by atoms with Crippen molar-refractivity contribution in [3.8, 4) is 17.2 Å². The Hall–Kier alpha value is -2.60. The lowest BCUT2D eigenvalue weighted by molar-refractivity contribution is 0.0697. The van der Waals surface area contributed by atoms with Crippen LogP contribution in [0.15, 0.2) is 42.5 Å². The van der Waals surface area contributed by atoms with Crippen molar-refractivity contribution in [1.29, 1.82) is 5.26 Å². The molecule has 3 nitrogen and oxygen atoms in total. The van der Waals surface area contributed by atoms with Gasteiger partial charge in [-0.15, -0.1) is 0 Å². The van der Waals surface area contributed by atoms with Crippen LogP contribution in [0.2, 0.25) is 0 Å². The molecule has 0 atom stereocenters. The Labute approximate surface area is 105 Å². The van der Waals surface area contributed by atoms with Crippen LogP contribution in [-0.2, 0) is 0 Å². The van der Waals surface area contributed by atoms with Gasteiger partial charge in [0.1, 0.15) is 0 Å². The van der Waals surface area contributed by atoms with E-state index in [-0.39, 0.29) is 5.56 Å². The number of carboxylic acid groups (broad SMARTS) is 1. The van der Waals surface area contributed by atoms with E-state index in [0.717, 1.165) is 16.7 Å². The molecule has 0 amide bonds. The van der Waals surface area contributed by atoms with Gasteiger partial charge in [0.25, 0.3) is 0 Å². The zero-order valence-electron chi connectivity index (χ0n) is 9.84. The molecule has 0 aromatic heterocycles. The van der Waals surface area contributed by atoms with E-state index in [2.05, 4.69) is 6.07 Å². The van der Waals surface area contributed by atoms with Crippen molar-refractivity contribution in [1.82, 2.24) is 0 Å². The average molecular weight is 237 g/mol. The summed E-state index contributed by atoms with van der Waals surface area (Å²) < 4.78 is 0. The van der Waals surface area contributed by atoms with Gasteiger partial charge < -0.3 is 5.11 Å². The molecule has 0 aliphatic carbocycles. The number of aryl methyl sites for hydroxylation is 1. The molecule has 88 valence electrons. The molecule has 0 aliphatic heterocycles. The summed E-state index contributed by atoms with van der Waals surface area (Å²) in [5, 5.41) is 17.8. The van der Waals surface area contributed by atoms with E-state index in [9.17, 15) is 4.79 Å². The molecule has 0 aliphatic rings. The minimum Gasteiger partial charge on any atom is -0.478 e. The standard InChI is InChI=1S/C15H11NO2/c1-10-2-3-13(8-14(10)9-16)11-4-6-12(7-5-11)15(17)18/h2-8H,1H3,(H,17,18). The van der Waals surface area contributed by atoms with E-state index in [0.29, 0.717) is 5.56 Å². The molecule has 18 heavy (non-hydrogen) atoms. The largest absolute Gasteiger partial charge is 0.478 e. The topological polar surface area (TPSA) is 61.1 Å². The van der Waals surface area contributed by atoms with Crippen LogP contribution >= 0.6 is 0 Å². The third-order valence-corrected chi connectivity index (χ3v) is 2.82. The van der Waals surface area contributed by atoms with Crippen molar-refractivity contribution in [2.24, 2.45) is 0 Å². The normalized spacial score (nSPS) is 9.78. The molecule has 2 rings (SSSR count). The highest BCUT2D eigenvalue weighted by Gasteiger charge is 2.05. The van der Waals surface area contributed by atoms with Crippen molar-refractivity contribution in [3.05, 3.63) is 59.2 Å². The molecular formula is C15H11NO2. The van der Waals surface area contributed by atoms with E-state index in [1.807, 2.05) is 25.1 Å². The Morgan fingerprint density at radius 1 is 1.11 bits per heavy atom. The summed E-state index contributed by atoms with van der Waals surface area (Å²) in [7, 11) is 0. The summed E-state index contributed by atoms with van der Waals surface area (Å²) in [6.45, 7) is 1.88. The zero-order valence-corrected chi connectivity index (χ0v) is 9.84. The summed E-state index contributed by atoms with van der Waals surface area (Å²) in [5.74, 6) is -0.942. The summed E-state index contributed by atoms with van der Waals surface area (Å²) in [4.78, 5) is 10.8. The highest BCUT2D eigenvalue weighted by atomic mass is 16.4. The van der Waals surface area contributed by atoms with Gasteiger partial charge >= 0.3 is 5.97 Å².